The van der Waals surface area contributed by atoms with Crippen LogP contribution in [0.3, 0.4) is 0 Å². The molecule has 186 valence electrons. The topological polar surface area (TPSA) is 75.7 Å². The fraction of sp³-hybridized carbons (Fsp3) is 0.296. The Labute approximate surface area is 212 Å². The summed E-state index contributed by atoms with van der Waals surface area (Å²) in [5, 5.41) is 3.36. The summed E-state index contributed by atoms with van der Waals surface area (Å²) in [6.07, 6.45) is 0.709. The first kappa shape index (κ1) is 26.6. The predicted molar refractivity (Wildman–Crippen MR) is 140 cm³/mol. The Morgan fingerprint density at radius 2 is 1.69 bits per heavy atom. The first-order chi connectivity index (χ1) is 16.6. The van der Waals surface area contributed by atoms with E-state index >= 15 is 0 Å². The maximum absolute atomic E-state index is 13.7. The SMILES string of the molecule is COc1ccc(Cl)cc1N(CC(=O)N[C@@H](CC(C)C)c1ccccc1)S(=O)(=O)c1ccc(C)cc1. The van der Waals surface area contributed by atoms with Gasteiger partial charge < -0.3 is 10.1 Å². The van der Waals surface area contributed by atoms with Crippen molar-refractivity contribution in [1.29, 1.82) is 0 Å². The number of hydrogen-bond acceptors (Lipinski definition) is 4. The molecule has 3 aromatic carbocycles. The molecule has 1 amide bonds. The molecule has 0 saturated heterocycles. The second-order valence-corrected chi connectivity index (χ2v) is 11.1. The van der Waals surface area contributed by atoms with Crippen molar-refractivity contribution in [2.75, 3.05) is 18.0 Å². The number of nitrogens with one attached hydrogen (secondary N) is 1. The molecule has 0 unspecified atom stereocenters. The fourth-order valence-electron chi connectivity index (χ4n) is 3.80. The van der Waals surface area contributed by atoms with Gasteiger partial charge in [-0.05, 0) is 55.2 Å². The molecule has 0 aromatic heterocycles. The molecule has 1 N–H and O–H groups in total. The molecular formula is C27H31ClN2O4S. The summed E-state index contributed by atoms with van der Waals surface area (Å²) in [5.41, 5.74) is 2.08. The summed E-state index contributed by atoms with van der Waals surface area (Å²) in [6.45, 7) is 5.59. The van der Waals surface area contributed by atoms with Gasteiger partial charge in [0.15, 0.2) is 0 Å². The number of carbonyl (C=O) groups excluding carboxylic acids is 1. The van der Waals surface area contributed by atoms with Gasteiger partial charge in [0.05, 0.1) is 23.7 Å². The van der Waals surface area contributed by atoms with Crippen molar-refractivity contribution in [1.82, 2.24) is 5.32 Å². The second-order valence-electron chi connectivity index (χ2n) is 8.80. The molecule has 3 rings (SSSR count). The molecule has 0 bridgehead atoms. The van der Waals surface area contributed by atoms with Gasteiger partial charge in [0, 0.05) is 5.02 Å². The van der Waals surface area contributed by atoms with Crippen molar-refractivity contribution in [3.05, 3.63) is 88.9 Å². The number of benzene rings is 3. The molecule has 35 heavy (non-hydrogen) atoms. The van der Waals surface area contributed by atoms with Crippen LogP contribution < -0.4 is 14.4 Å². The Morgan fingerprint density at radius 3 is 2.29 bits per heavy atom. The van der Waals surface area contributed by atoms with Gasteiger partial charge >= 0.3 is 0 Å². The van der Waals surface area contributed by atoms with Gasteiger partial charge in [0.2, 0.25) is 5.91 Å². The summed E-state index contributed by atoms with van der Waals surface area (Å²) in [7, 11) is -2.66. The molecule has 0 aliphatic heterocycles. The summed E-state index contributed by atoms with van der Waals surface area (Å²) in [6, 6.07) is 20.6. The molecule has 0 saturated carbocycles. The number of halogens is 1. The number of anilines is 1. The van der Waals surface area contributed by atoms with Crippen LogP contribution in [0.1, 0.15) is 37.4 Å². The lowest BCUT2D eigenvalue weighted by Gasteiger charge is -2.27. The molecule has 0 radical (unpaired) electrons. The van der Waals surface area contributed by atoms with Crippen LogP contribution >= 0.6 is 11.6 Å². The molecular weight excluding hydrogens is 484 g/mol. The maximum atomic E-state index is 13.7. The number of ether oxygens (including phenoxy) is 1. The normalized spacial score (nSPS) is 12.3. The zero-order valence-electron chi connectivity index (χ0n) is 20.4. The highest BCUT2D eigenvalue weighted by molar-refractivity contribution is 7.92. The number of sulfonamides is 1. The fourth-order valence-corrected chi connectivity index (χ4v) is 5.39. The second kappa shape index (κ2) is 11.6. The van der Waals surface area contributed by atoms with Gasteiger partial charge in [-0.25, -0.2) is 8.42 Å². The number of hydrogen-bond donors (Lipinski definition) is 1. The minimum atomic E-state index is -4.10. The highest BCUT2D eigenvalue weighted by atomic mass is 35.5. The van der Waals surface area contributed by atoms with Gasteiger partial charge in [-0.3, -0.25) is 9.10 Å². The summed E-state index contributed by atoms with van der Waals surface area (Å²) in [4.78, 5) is 13.4. The third kappa shape index (κ3) is 6.77. The highest BCUT2D eigenvalue weighted by Gasteiger charge is 2.30. The van der Waals surface area contributed by atoms with Crippen LogP contribution in [-0.2, 0) is 14.8 Å². The molecule has 0 spiro atoms. The van der Waals surface area contributed by atoms with Gasteiger partial charge in [-0.1, -0.05) is 73.5 Å². The van der Waals surface area contributed by atoms with Crippen LogP contribution in [0.15, 0.2) is 77.7 Å². The molecule has 0 aliphatic rings. The van der Waals surface area contributed by atoms with Crippen molar-refractivity contribution in [3.63, 3.8) is 0 Å². The zero-order chi connectivity index (χ0) is 25.6. The van der Waals surface area contributed by atoms with E-state index in [1.165, 1.54) is 25.3 Å². The predicted octanol–water partition coefficient (Wildman–Crippen LogP) is 5.76. The molecule has 0 aliphatic carbocycles. The average molecular weight is 515 g/mol. The van der Waals surface area contributed by atoms with E-state index in [4.69, 9.17) is 16.3 Å². The standard InChI is InChI=1S/C27H31ClN2O4S/c1-19(2)16-24(21-8-6-5-7-9-21)29-27(31)18-30(25-17-22(28)12-15-26(25)34-4)35(32,33)23-13-10-20(3)11-14-23/h5-15,17,19,24H,16,18H2,1-4H3,(H,29,31)/t24-/m0/s1. The number of rotatable bonds is 10. The van der Waals surface area contributed by atoms with E-state index in [1.54, 1.807) is 24.3 Å². The largest absolute Gasteiger partial charge is 0.495 e. The Kier molecular flexibility index (Phi) is 8.81. The third-order valence-corrected chi connectivity index (χ3v) is 7.56. The number of nitrogens with zero attached hydrogens (tertiary/aromatic N) is 1. The lowest BCUT2D eigenvalue weighted by molar-refractivity contribution is -0.120. The lowest BCUT2D eigenvalue weighted by Crippen LogP contribution is -2.42. The van der Waals surface area contributed by atoms with Crippen LogP contribution in [0.4, 0.5) is 5.69 Å². The first-order valence-corrected chi connectivity index (χ1v) is 13.2. The molecule has 0 fully saturated rings. The van der Waals surface area contributed by atoms with E-state index in [2.05, 4.69) is 19.2 Å². The van der Waals surface area contributed by atoms with E-state index in [0.717, 1.165) is 15.4 Å². The molecule has 6 nitrogen and oxygen atoms in total. The number of amides is 1. The summed E-state index contributed by atoms with van der Waals surface area (Å²) >= 11 is 6.22. The van der Waals surface area contributed by atoms with Crippen molar-refractivity contribution >= 4 is 33.2 Å². The number of methoxy groups -OCH3 is 1. The zero-order valence-corrected chi connectivity index (χ0v) is 21.9. The quantitative estimate of drug-likeness (QED) is 0.373. The van der Waals surface area contributed by atoms with Gasteiger partial charge in [0.1, 0.15) is 12.3 Å². The van der Waals surface area contributed by atoms with Crippen molar-refractivity contribution in [3.8, 4) is 5.75 Å². The van der Waals surface area contributed by atoms with E-state index < -0.39 is 22.5 Å². The van der Waals surface area contributed by atoms with Crippen LogP contribution in [0.2, 0.25) is 5.02 Å². The summed E-state index contributed by atoms with van der Waals surface area (Å²) in [5.74, 6) is 0.179. The molecule has 8 heteroatoms. The number of carbonyl (C=O) groups is 1. The van der Waals surface area contributed by atoms with E-state index in [0.29, 0.717) is 23.1 Å². The van der Waals surface area contributed by atoms with Crippen molar-refractivity contribution in [2.24, 2.45) is 5.92 Å². The van der Waals surface area contributed by atoms with Crippen molar-refractivity contribution in [2.45, 2.75) is 38.1 Å². The Bertz CT molecular complexity index is 1250. The van der Waals surface area contributed by atoms with Crippen LogP contribution in [0, 0.1) is 12.8 Å². The maximum Gasteiger partial charge on any atom is 0.264 e. The third-order valence-electron chi connectivity index (χ3n) is 5.55. The highest BCUT2D eigenvalue weighted by Crippen LogP contribution is 2.35. The van der Waals surface area contributed by atoms with Gasteiger partial charge in [-0.2, -0.15) is 0 Å². The van der Waals surface area contributed by atoms with Crippen LogP contribution in [0.5, 0.6) is 5.75 Å². The smallest absolute Gasteiger partial charge is 0.264 e. The molecule has 1 atom stereocenters. The van der Waals surface area contributed by atoms with Crippen LogP contribution in [-0.4, -0.2) is 28.0 Å². The Morgan fingerprint density at radius 1 is 1.03 bits per heavy atom. The Balaban J connectivity index is 2.00. The first-order valence-electron chi connectivity index (χ1n) is 11.4. The number of aryl methyl sites for hydroxylation is 1. The average Bonchev–Trinajstić information content (AvgIpc) is 2.82. The minimum Gasteiger partial charge on any atom is -0.495 e. The van der Waals surface area contributed by atoms with E-state index in [-0.39, 0.29) is 16.6 Å². The molecule has 3 aromatic rings. The minimum absolute atomic E-state index is 0.0692. The van der Waals surface area contributed by atoms with E-state index in [9.17, 15) is 13.2 Å². The molecule has 0 heterocycles. The van der Waals surface area contributed by atoms with Crippen LogP contribution in [0.25, 0.3) is 0 Å². The Hall–Kier alpha value is -3.03. The van der Waals surface area contributed by atoms with Gasteiger partial charge in [0.25, 0.3) is 10.0 Å². The lowest BCUT2D eigenvalue weighted by atomic mass is 9.97. The van der Waals surface area contributed by atoms with Gasteiger partial charge in [-0.15, -0.1) is 0 Å². The van der Waals surface area contributed by atoms with E-state index in [1.807, 2.05) is 37.3 Å². The van der Waals surface area contributed by atoms with Crippen molar-refractivity contribution < 1.29 is 17.9 Å². The summed E-state index contributed by atoms with van der Waals surface area (Å²) < 4.78 is 34.0. The monoisotopic (exact) mass is 514 g/mol.